The largest absolute Gasteiger partial charge is 0.319 e. The van der Waals surface area contributed by atoms with Gasteiger partial charge in [0.2, 0.25) is 0 Å². The highest BCUT2D eigenvalue weighted by Gasteiger charge is 2.33. The summed E-state index contributed by atoms with van der Waals surface area (Å²) in [6.07, 6.45) is 5.11. The van der Waals surface area contributed by atoms with Crippen molar-refractivity contribution < 1.29 is 0 Å². The molecule has 1 aliphatic heterocycles. The predicted octanol–water partition coefficient (Wildman–Crippen LogP) is 2.18. The van der Waals surface area contributed by atoms with E-state index in [4.69, 9.17) is 5.73 Å². The van der Waals surface area contributed by atoms with Gasteiger partial charge in [0.1, 0.15) is 0 Å². The molecule has 0 atom stereocenters. The minimum Gasteiger partial charge on any atom is -0.319 e. The van der Waals surface area contributed by atoms with E-state index in [-0.39, 0.29) is 5.54 Å². The second-order valence-corrected chi connectivity index (χ2v) is 4.91. The molecule has 1 heterocycles. The summed E-state index contributed by atoms with van der Waals surface area (Å²) in [7, 11) is 0. The molecule has 16 heavy (non-hydrogen) atoms. The number of hydrogen-bond donors (Lipinski definition) is 2. The van der Waals surface area contributed by atoms with E-state index in [0.717, 1.165) is 13.1 Å². The summed E-state index contributed by atoms with van der Waals surface area (Å²) >= 11 is 0. The van der Waals surface area contributed by atoms with Crippen LogP contribution < -0.4 is 11.1 Å². The van der Waals surface area contributed by atoms with Crippen LogP contribution in [0.5, 0.6) is 0 Å². The predicted molar refractivity (Wildman–Crippen MR) is 68.4 cm³/mol. The third-order valence-electron chi connectivity index (χ3n) is 3.48. The van der Waals surface area contributed by atoms with Crippen LogP contribution in [0.1, 0.15) is 37.3 Å². The average molecular weight is 218 g/mol. The smallest absolute Gasteiger partial charge is 0.0662 e. The Kier molecular flexibility index (Phi) is 3.62. The van der Waals surface area contributed by atoms with Gasteiger partial charge in [-0.1, -0.05) is 44.0 Å². The van der Waals surface area contributed by atoms with E-state index < -0.39 is 0 Å². The molecule has 1 aliphatic rings. The molecule has 2 heteroatoms. The Labute approximate surface area is 98.2 Å². The fraction of sp³-hybridized carbons (Fsp3) is 0.571. The Morgan fingerprint density at radius 3 is 2.38 bits per heavy atom. The second-order valence-electron chi connectivity index (χ2n) is 4.91. The van der Waals surface area contributed by atoms with E-state index >= 15 is 0 Å². The Bertz CT molecular complexity index is 325. The van der Waals surface area contributed by atoms with Gasteiger partial charge in [0.05, 0.1) is 5.54 Å². The van der Waals surface area contributed by atoms with Gasteiger partial charge in [-0.25, -0.2) is 0 Å². The zero-order valence-corrected chi connectivity index (χ0v) is 10.1. The van der Waals surface area contributed by atoms with Crippen molar-refractivity contribution in [3.8, 4) is 0 Å². The monoisotopic (exact) mass is 218 g/mol. The van der Waals surface area contributed by atoms with Crippen molar-refractivity contribution in [2.75, 3.05) is 13.1 Å². The number of nitrogens with two attached hydrogens (primary N) is 1. The number of unbranched alkanes of at least 4 members (excludes halogenated alkanes) is 2. The molecule has 1 aromatic carbocycles. The molecule has 0 aromatic heterocycles. The summed E-state index contributed by atoms with van der Waals surface area (Å²) in [6, 6.07) is 8.86. The molecule has 0 unspecified atom stereocenters. The van der Waals surface area contributed by atoms with Crippen LogP contribution in [0.15, 0.2) is 24.3 Å². The van der Waals surface area contributed by atoms with Crippen LogP contribution in [-0.4, -0.2) is 13.1 Å². The van der Waals surface area contributed by atoms with Crippen molar-refractivity contribution in [3.63, 3.8) is 0 Å². The molecule has 0 spiro atoms. The van der Waals surface area contributed by atoms with Crippen LogP contribution in [0.2, 0.25) is 0 Å². The van der Waals surface area contributed by atoms with Crippen LogP contribution in [0, 0.1) is 0 Å². The quantitative estimate of drug-likeness (QED) is 0.743. The maximum atomic E-state index is 6.23. The van der Waals surface area contributed by atoms with Crippen LogP contribution in [-0.2, 0) is 12.0 Å². The van der Waals surface area contributed by atoms with Crippen molar-refractivity contribution in [2.45, 2.75) is 38.1 Å². The topological polar surface area (TPSA) is 38.0 Å². The maximum absolute atomic E-state index is 6.23. The molecule has 1 fully saturated rings. The summed E-state index contributed by atoms with van der Waals surface area (Å²) in [6.45, 7) is 4.05. The lowest BCUT2D eigenvalue weighted by atomic mass is 9.85. The van der Waals surface area contributed by atoms with Crippen molar-refractivity contribution in [1.29, 1.82) is 0 Å². The van der Waals surface area contributed by atoms with Gasteiger partial charge in [-0.3, -0.25) is 0 Å². The highest BCUT2D eigenvalue weighted by molar-refractivity contribution is 5.31. The first kappa shape index (κ1) is 11.6. The SMILES string of the molecule is CCCCCc1ccc(C2(N)CNC2)cc1. The lowest BCUT2D eigenvalue weighted by molar-refractivity contribution is 0.287. The molecule has 88 valence electrons. The van der Waals surface area contributed by atoms with Crippen LogP contribution >= 0.6 is 0 Å². The van der Waals surface area contributed by atoms with Gasteiger partial charge < -0.3 is 11.1 Å². The molecule has 3 N–H and O–H groups in total. The molecule has 0 aliphatic carbocycles. The number of rotatable bonds is 5. The third kappa shape index (κ3) is 2.45. The minimum atomic E-state index is -0.109. The van der Waals surface area contributed by atoms with Crippen molar-refractivity contribution in [2.24, 2.45) is 5.73 Å². The molecule has 0 saturated carbocycles. The molecule has 2 rings (SSSR count). The highest BCUT2D eigenvalue weighted by Crippen LogP contribution is 2.22. The zero-order valence-electron chi connectivity index (χ0n) is 10.1. The summed E-state index contributed by atoms with van der Waals surface area (Å²) in [4.78, 5) is 0. The highest BCUT2D eigenvalue weighted by atomic mass is 15.1. The zero-order chi connectivity index (χ0) is 11.4. The molecular formula is C14H22N2. The fourth-order valence-electron chi connectivity index (χ4n) is 2.18. The third-order valence-corrected chi connectivity index (χ3v) is 3.48. The van der Waals surface area contributed by atoms with Crippen LogP contribution in [0.3, 0.4) is 0 Å². The molecule has 2 nitrogen and oxygen atoms in total. The number of aryl methyl sites for hydroxylation is 1. The Morgan fingerprint density at radius 2 is 1.88 bits per heavy atom. The Morgan fingerprint density at radius 1 is 1.19 bits per heavy atom. The second kappa shape index (κ2) is 4.98. The summed E-state index contributed by atoms with van der Waals surface area (Å²) < 4.78 is 0. The number of benzene rings is 1. The van der Waals surface area contributed by atoms with E-state index in [0.29, 0.717) is 0 Å². The molecule has 1 saturated heterocycles. The first-order valence-corrected chi connectivity index (χ1v) is 6.33. The number of hydrogen-bond acceptors (Lipinski definition) is 2. The molecular weight excluding hydrogens is 196 g/mol. The van der Waals surface area contributed by atoms with Crippen LogP contribution in [0.25, 0.3) is 0 Å². The van der Waals surface area contributed by atoms with Crippen molar-refractivity contribution in [3.05, 3.63) is 35.4 Å². The normalized spacial score (nSPS) is 18.1. The van der Waals surface area contributed by atoms with Crippen LogP contribution in [0.4, 0.5) is 0 Å². The van der Waals surface area contributed by atoms with Gasteiger partial charge >= 0.3 is 0 Å². The summed E-state index contributed by atoms with van der Waals surface area (Å²) in [5, 5.41) is 3.23. The van der Waals surface area contributed by atoms with Gasteiger partial charge in [-0.05, 0) is 24.0 Å². The minimum absolute atomic E-state index is 0.109. The lowest BCUT2D eigenvalue weighted by Crippen LogP contribution is -2.62. The first-order valence-electron chi connectivity index (χ1n) is 6.33. The van der Waals surface area contributed by atoms with Crippen molar-refractivity contribution >= 4 is 0 Å². The van der Waals surface area contributed by atoms with E-state index in [1.807, 2.05) is 0 Å². The molecule has 0 amide bonds. The lowest BCUT2D eigenvalue weighted by Gasteiger charge is -2.39. The van der Waals surface area contributed by atoms with Gasteiger partial charge in [-0.15, -0.1) is 0 Å². The van der Waals surface area contributed by atoms with E-state index in [9.17, 15) is 0 Å². The Hall–Kier alpha value is -0.860. The van der Waals surface area contributed by atoms with E-state index in [2.05, 4.69) is 36.5 Å². The van der Waals surface area contributed by atoms with Gasteiger partial charge in [0.15, 0.2) is 0 Å². The standard InChI is InChI=1S/C14H22N2/c1-2-3-4-5-12-6-8-13(9-7-12)14(15)10-16-11-14/h6-9,16H,2-5,10-11,15H2,1H3. The Balaban J connectivity index is 1.94. The van der Waals surface area contributed by atoms with Crippen molar-refractivity contribution in [1.82, 2.24) is 5.32 Å². The van der Waals surface area contributed by atoms with Gasteiger partial charge in [0.25, 0.3) is 0 Å². The molecule has 0 bridgehead atoms. The fourth-order valence-corrected chi connectivity index (χ4v) is 2.18. The number of nitrogens with one attached hydrogen (secondary N) is 1. The van der Waals surface area contributed by atoms with E-state index in [1.54, 1.807) is 0 Å². The summed E-state index contributed by atoms with van der Waals surface area (Å²) in [5.41, 5.74) is 8.83. The van der Waals surface area contributed by atoms with Gasteiger partial charge in [0, 0.05) is 13.1 Å². The first-order chi connectivity index (χ1) is 7.74. The average Bonchev–Trinajstić information content (AvgIpc) is 2.27. The summed E-state index contributed by atoms with van der Waals surface area (Å²) in [5.74, 6) is 0. The molecule has 0 radical (unpaired) electrons. The van der Waals surface area contributed by atoms with E-state index in [1.165, 1.54) is 36.8 Å². The molecule has 1 aromatic rings. The maximum Gasteiger partial charge on any atom is 0.0662 e. The van der Waals surface area contributed by atoms with Gasteiger partial charge in [-0.2, -0.15) is 0 Å².